The number of methoxy groups -OCH3 is 1. The van der Waals surface area contributed by atoms with E-state index in [9.17, 15) is 4.79 Å². The maximum absolute atomic E-state index is 12.0. The first-order valence-electron chi connectivity index (χ1n) is 7.01. The van der Waals surface area contributed by atoms with E-state index in [0.717, 1.165) is 34.0 Å². The Bertz CT molecular complexity index is 663. The third-order valence-electron chi connectivity index (χ3n) is 3.97. The monoisotopic (exact) mass is 302 g/mol. The number of amides is 1. The second-order valence-electron chi connectivity index (χ2n) is 5.52. The van der Waals surface area contributed by atoms with Crippen molar-refractivity contribution in [3.8, 4) is 17.0 Å². The smallest absolute Gasteiger partial charge is 0.228 e. The van der Waals surface area contributed by atoms with Gasteiger partial charge < -0.3 is 10.1 Å². The average molecular weight is 302 g/mol. The van der Waals surface area contributed by atoms with Gasteiger partial charge in [0, 0.05) is 17.0 Å². The lowest BCUT2D eigenvalue weighted by Gasteiger charge is -2.04. The third-order valence-corrected chi connectivity index (χ3v) is 4.84. The highest BCUT2D eigenvalue weighted by Crippen LogP contribution is 2.40. The van der Waals surface area contributed by atoms with E-state index in [4.69, 9.17) is 4.74 Å². The van der Waals surface area contributed by atoms with E-state index in [2.05, 4.69) is 16.6 Å². The van der Waals surface area contributed by atoms with Crippen LogP contribution < -0.4 is 10.1 Å². The van der Waals surface area contributed by atoms with Gasteiger partial charge in [0.1, 0.15) is 10.8 Å². The van der Waals surface area contributed by atoms with Crippen molar-refractivity contribution in [2.45, 2.75) is 20.3 Å². The third kappa shape index (κ3) is 2.78. The van der Waals surface area contributed by atoms with Crippen LogP contribution in [0.2, 0.25) is 0 Å². The van der Waals surface area contributed by atoms with Gasteiger partial charge in [-0.05, 0) is 55.1 Å². The Kier molecular flexibility index (Phi) is 3.68. The van der Waals surface area contributed by atoms with Crippen molar-refractivity contribution in [2.75, 3.05) is 12.4 Å². The van der Waals surface area contributed by atoms with E-state index < -0.39 is 0 Å². The van der Waals surface area contributed by atoms with Gasteiger partial charge in [0.2, 0.25) is 5.91 Å². The number of nitrogens with one attached hydrogen (secondary N) is 1. The molecule has 21 heavy (non-hydrogen) atoms. The highest BCUT2D eigenvalue weighted by Gasteiger charge is 2.39. The minimum absolute atomic E-state index is 0.121. The Morgan fingerprint density at radius 1 is 1.38 bits per heavy atom. The van der Waals surface area contributed by atoms with Crippen LogP contribution in [0.3, 0.4) is 0 Å². The van der Waals surface area contributed by atoms with Crippen molar-refractivity contribution in [1.82, 2.24) is 4.37 Å². The van der Waals surface area contributed by atoms with Crippen LogP contribution in [0.5, 0.6) is 5.75 Å². The quantitative estimate of drug-likeness (QED) is 0.936. The number of hydrogen-bond donors (Lipinski definition) is 1. The van der Waals surface area contributed by atoms with E-state index in [-0.39, 0.29) is 11.8 Å². The molecule has 0 aliphatic heterocycles. The van der Waals surface area contributed by atoms with Gasteiger partial charge in [0.15, 0.2) is 0 Å². The second kappa shape index (κ2) is 5.48. The Balaban J connectivity index is 1.79. The summed E-state index contributed by atoms with van der Waals surface area (Å²) in [5.74, 6) is 1.63. The summed E-state index contributed by atoms with van der Waals surface area (Å²) in [7, 11) is 1.65. The number of aromatic nitrogens is 1. The van der Waals surface area contributed by atoms with Gasteiger partial charge in [0.25, 0.3) is 0 Å². The van der Waals surface area contributed by atoms with Crippen molar-refractivity contribution in [2.24, 2.45) is 11.8 Å². The Morgan fingerprint density at radius 3 is 2.62 bits per heavy atom. The zero-order valence-corrected chi connectivity index (χ0v) is 13.2. The summed E-state index contributed by atoms with van der Waals surface area (Å²) >= 11 is 1.34. The van der Waals surface area contributed by atoms with Crippen LogP contribution in [0.15, 0.2) is 24.3 Å². The maximum Gasteiger partial charge on any atom is 0.228 e. The summed E-state index contributed by atoms with van der Waals surface area (Å²) in [6.45, 7) is 4.10. The lowest BCUT2D eigenvalue weighted by atomic mass is 10.1. The molecular formula is C16H18N2O2S. The predicted molar refractivity (Wildman–Crippen MR) is 84.7 cm³/mol. The molecule has 0 saturated heterocycles. The van der Waals surface area contributed by atoms with Crippen LogP contribution in [0.1, 0.15) is 18.9 Å². The predicted octanol–water partition coefficient (Wildman–Crippen LogP) is 3.72. The lowest BCUT2D eigenvalue weighted by Crippen LogP contribution is -2.14. The minimum Gasteiger partial charge on any atom is -0.497 e. The first-order valence-corrected chi connectivity index (χ1v) is 7.79. The van der Waals surface area contributed by atoms with E-state index in [1.54, 1.807) is 7.11 Å². The zero-order chi connectivity index (χ0) is 15.0. The van der Waals surface area contributed by atoms with Crippen molar-refractivity contribution in [3.05, 3.63) is 29.8 Å². The van der Waals surface area contributed by atoms with Gasteiger partial charge in [-0.25, -0.2) is 0 Å². The molecule has 1 heterocycles. The molecule has 2 atom stereocenters. The summed E-state index contributed by atoms with van der Waals surface area (Å²) in [5, 5.41) is 3.86. The van der Waals surface area contributed by atoms with Crippen molar-refractivity contribution < 1.29 is 9.53 Å². The van der Waals surface area contributed by atoms with E-state index in [0.29, 0.717) is 5.92 Å². The van der Waals surface area contributed by atoms with Crippen molar-refractivity contribution >= 4 is 22.4 Å². The number of rotatable bonds is 4. The first kappa shape index (κ1) is 14.1. The van der Waals surface area contributed by atoms with Gasteiger partial charge in [0.05, 0.1) is 12.8 Å². The zero-order valence-electron chi connectivity index (χ0n) is 12.3. The Hall–Kier alpha value is -1.88. The molecule has 0 radical (unpaired) electrons. The van der Waals surface area contributed by atoms with E-state index in [1.807, 2.05) is 31.2 Å². The highest BCUT2D eigenvalue weighted by atomic mass is 32.1. The molecule has 1 fully saturated rings. The summed E-state index contributed by atoms with van der Waals surface area (Å²) in [6, 6.07) is 7.79. The molecule has 1 N–H and O–H groups in total. The van der Waals surface area contributed by atoms with Gasteiger partial charge in [-0.2, -0.15) is 4.37 Å². The molecular weight excluding hydrogens is 284 g/mol. The Labute approximate surface area is 128 Å². The molecule has 1 aromatic carbocycles. The molecule has 1 aliphatic carbocycles. The number of anilines is 1. The fourth-order valence-electron chi connectivity index (χ4n) is 2.36. The van der Waals surface area contributed by atoms with Crippen LogP contribution >= 0.6 is 11.5 Å². The van der Waals surface area contributed by atoms with Crippen molar-refractivity contribution in [3.63, 3.8) is 0 Å². The number of hydrogen-bond acceptors (Lipinski definition) is 4. The number of ether oxygens (including phenoxy) is 1. The molecule has 0 unspecified atom stereocenters. The fourth-order valence-corrected chi connectivity index (χ4v) is 3.17. The molecule has 2 aromatic rings. The minimum atomic E-state index is 0.121. The summed E-state index contributed by atoms with van der Waals surface area (Å²) in [6.07, 6.45) is 0.995. The van der Waals surface area contributed by atoms with E-state index in [1.165, 1.54) is 11.5 Å². The van der Waals surface area contributed by atoms with Gasteiger partial charge in [-0.1, -0.05) is 6.92 Å². The molecule has 5 heteroatoms. The molecule has 0 bridgehead atoms. The summed E-state index contributed by atoms with van der Waals surface area (Å²) < 4.78 is 9.64. The van der Waals surface area contributed by atoms with Gasteiger partial charge in [-0.3, -0.25) is 4.79 Å². The largest absolute Gasteiger partial charge is 0.497 e. The van der Waals surface area contributed by atoms with Crippen LogP contribution in [0.25, 0.3) is 11.3 Å². The van der Waals surface area contributed by atoms with Crippen LogP contribution in [-0.2, 0) is 4.79 Å². The maximum atomic E-state index is 12.0. The molecule has 1 amide bonds. The summed E-state index contributed by atoms with van der Waals surface area (Å²) in [4.78, 5) is 12.0. The number of nitrogens with zero attached hydrogens (tertiary/aromatic N) is 1. The van der Waals surface area contributed by atoms with E-state index >= 15 is 0 Å². The molecule has 0 spiro atoms. The SMILES string of the molecule is COc1ccc(-c2nsc(NC(=O)[C@H]3C[C@H]3C)c2C)cc1. The lowest BCUT2D eigenvalue weighted by molar-refractivity contribution is -0.117. The second-order valence-corrected chi connectivity index (χ2v) is 6.30. The topological polar surface area (TPSA) is 51.2 Å². The van der Waals surface area contributed by atoms with Crippen molar-refractivity contribution in [1.29, 1.82) is 0 Å². The fraction of sp³-hybridized carbons (Fsp3) is 0.375. The molecule has 110 valence electrons. The number of carbonyl (C=O) groups excluding carboxylic acids is 1. The molecule has 4 nitrogen and oxygen atoms in total. The standard InChI is InChI=1S/C16H18N2O2S/c1-9-8-13(9)15(19)17-16-10(2)14(18-21-16)11-4-6-12(20-3)7-5-11/h4-7,9,13H,8H2,1-3H3,(H,17,19)/t9-,13+/m1/s1. The van der Waals surface area contributed by atoms with Crippen LogP contribution in [-0.4, -0.2) is 17.4 Å². The van der Waals surface area contributed by atoms with Crippen LogP contribution in [0.4, 0.5) is 5.00 Å². The molecule has 3 rings (SSSR count). The number of carbonyl (C=O) groups is 1. The van der Waals surface area contributed by atoms with Crippen LogP contribution in [0, 0.1) is 18.8 Å². The van der Waals surface area contributed by atoms with Gasteiger partial charge in [-0.15, -0.1) is 0 Å². The highest BCUT2D eigenvalue weighted by molar-refractivity contribution is 7.10. The van der Waals surface area contributed by atoms with Gasteiger partial charge >= 0.3 is 0 Å². The average Bonchev–Trinajstić information content (AvgIpc) is 3.13. The molecule has 1 aromatic heterocycles. The molecule has 1 saturated carbocycles. The normalized spacial score (nSPS) is 20.1. The summed E-state index contributed by atoms with van der Waals surface area (Å²) in [5.41, 5.74) is 2.97. The first-order chi connectivity index (χ1) is 10.1. The number of benzene rings is 1. The Morgan fingerprint density at radius 2 is 2.05 bits per heavy atom. The molecule has 1 aliphatic rings.